The van der Waals surface area contributed by atoms with E-state index in [1.807, 2.05) is 30.3 Å². The predicted octanol–water partition coefficient (Wildman–Crippen LogP) is 5.44. The average Bonchev–Trinajstić information content (AvgIpc) is 2.95. The van der Waals surface area contributed by atoms with Crippen LogP contribution >= 0.6 is 15.9 Å². The molecule has 0 aromatic heterocycles. The third-order valence-electron chi connectivity index (χ3n) is 7.30. The van der Waals surface area contributed by atoms with Gasteiger partial charge in [0.05, 0.1) is 11.9 Å². The number of carbonyl (C=O) groups excluding carboxylic acids is 2. The molecule has 7 nitrogen and oxygen atoms in total. The van der Waals surface area contributed by atoms with Crippen LogP contribution < -0.4 is 9.62 Å². The lowest BCUT2D eigenvalue weighted by Crippen LogP contribution is -2.55. The molecule has 10 heteroatoms. The zero-order valence-electron chi connectivity index (χ0n) is 23.0. The van der Waals surface area contributed by atoms with Gasteiger partial charge in [-0.1, -0.05) is 89.8 Å². The number of nitrogens with zero attached hydrogens (tertiary/aromatic N) is 2. The number of hydrogen-bond acceptors (Lipinski definition) is 4. The van der Waals surface area contributed by atoms with Gasteiger partial charge in [0.25, 0.3) is 0 Å². The van der Waals surface area contributed by atoms with Crippen molar-refractivity contribution in [3.63, 3.8) is 0 Å². The molecule has 1 atom stereocenters. The van der Waals surface area contributed by atoms with E-state index in [0.29, 0.717) is 10.2 Å². The SMILES string of the molecule is CS(=O)(=O)N(CC(=O)N(Cc1ccccc1F)[C@H](Cc1ccccc1)C(=O)NC1CCCCC1)c1cccc(Br)c1. The van der Waals surface area contributed by atoms with E-state index in [1.165, 1.54) is 11.0 Å². The molecule has 0 unspecified atom stereocenters. The van der Waals surface area contributed by atoms with E-state index in [2.05, 4.69) is 21.2 Å². The first-order valence-corrected chi connectivity index (χ1v) is 16.4. The second-order valence-corrected chi connectivity index (χ2v) is 13.2. The van der Waals surface area contributed by atoms with Crippen LogP contribution in [0, 0.1) is 5.82 Å². The van der Waals surface area contributed by atoms with Gasteiger partial charge in [0.1, 0.15) is 18.4 Å². The largest absolute Gasteiger partial charge is 0.352 e. The Bertz CT molecular complexity index is 1450. The highest BCUT2D eigenvalue weighted by Gasteiger charge is 2.34. The second-order valence-electron chi connectivity index (χ2n) is 10.4. The van der Waals surface area contributed by atoms with Crippen LogP contribution in [0.2, 0.25) is 0 Å². The zero-order chi connectivity index (χ0) is 29.4. The molecule has 4 rings (SSSR count). The maximum absolute atomic E-state index is 14.9. The van der Waals surface area contributed by atoms with Gasteiger partial charge in [-0.15, -0.1) is 0 Å². The Hall–Kier alpha value is -3.24. The Kier molecular flexibility index (Phi) is 10.6. The van der Waals surface area contributed by atoms with Crippen molar-refractivity contribution in [3.8, 4) is 0 Å². The first-order valence-electron chi connectivity index (χ1n) is 13.7. The van der Waals surface area contributed by atoms with Crippen LogP contribution in [0.1, 0.15) is 43.2 Å². The Morgan fingerprint density at radius 1 is 0.976 bits per heavy atom. The number of hydrogen-bond donors (Lipinski definition) is 1. The van der Waals surface area contributed by atoms with E-state index >= 15 is 0 Å². The van der Waals surface area contributed by atoms with Gasteiger partial charge in [0.2, 0.25) is 21.8 Å². The minimum atomic E-state index is -3.88. The minimum absolute atomic E-state index is 0.00544. The van der Waals surface area contributed by atoms with Crippen molar-refractivity contribution in [2.75, 3.05) is 17.1 Å². The average molecular weight is 645 g/mol. The number of rotatable bonds is 11. The summed E-state index contributed by atoms with van der Waals surface area (Å²) in [7, 11) is -3.88. The van der Waals surface area contributed by atoms with Gasteiger partial charge in [0, 0.05) is 29.0 Å². The van der Waals surface area contributed by atoms with Gasteiger partial charge in [-0.25, -0.2) is 12.8 Å². The van der Waals surface area contributed by atoms with E-state index in [1.54, 1.807) is 42.5 Å². The highest BCUT2D eigenvalue weighted by atomic mass is 79.9. The van der Waals surface area contributed by atoms with Crippen molar-refractivity contribution < 1.29 is 22.4 Å². The van der Waals surface area contributed by atoms with Crippen LogP contribution in [0.15, 0.2) is 83.3 Å². The third-order valence-corrected chi connectivity index (χ3v) is 8.93. The van der Waals surface area contributed by atoms with E-state index in [-0.39, 0.29) is 30.5 Å². The molecule has 0 heterocycles. The van der Waals surface area contributed by atoms with Crippen LogP contribution in [0.5, 0.6) is 0 Å². The number of nitrogens with one attached hydrogen (secondary N) is 1. The summed E-state index contributed by atoms with van der Waals surface area (Å²) in [5.74, 6) is -1.46. The molecule has 3 aromatic rings. The van der Waals surface area contributed by atoms with E-state index < -0.39 is 34.3 Å². The van der Waals surface area contributed by atoms with E-state index in [4.69, 9.17) is 0 Å². The monoisotopic (exact) mass is 643 g/mol. The molecule has 0 spiro atoms. The number of carbonyl (C=O) groups is 2. The number of anilines is 1. The van der Waals surface area contributed by atoms with E-state index in [9.17, 15) is 22.4 Å². The summed E-state index contributed by atoms with van der Waals surface area (Å²) in [5.41, 5.74) is 1.36. The molecule has 1 saturated carbocycles. The molecular formula is C31H35BrFN3O4S. The molecule has 1 aliphatic carbocycles. The molecule has 1 aliphatic rings. The summed E-state index contributed by atoms with van der Waals surface area (Å²) in [4.78, 5) is 29.3. The normalized spacial score (nSPS) is 14.7. The van der Waals surface area contributed by atoms with Crippen molar-refractivity contribution in [2.45, 2.75) is 57.2 Å². The molecule has 0 bridgehead atoms. The molecule has 2 amide bonds. The highest BCUT2D eigenvalue weighted by Crippen LogP contribution is 2.24. The molecule has 0 aliphatic heterocycles. The Labute approximate surface area is 249 Å². The number of benzene rings is 3. The van der Waals surface area contributed by atoms with Gasteiger partial charge in [-0.2, -0.15) is 0 Å². The maximum atomic E-state index is 14.9. The van der Waals surface area contributed by atoms with Crippen LogP contribution in [0.4, 0.5) is 10.1 Å². The van der Waals surface area contributed by atoms with Crippen LogP contribution in [-0.4, -0.2) is 50.0 Å². The fourth-order valence-electron chi connectivity index (χ4n) is 5.15. The third kappa shape index (κ3) is 8.63. The van der Waals surface area contributed by atoms with Gasteiger partial charge in [-0.3, -0.25) is 13.9 Å². The summed E-state index contributed by atoms with van der Waals surface area (Å²) in [5, 5.41) is 3.13. The summed E-state index contributed by atoms with van der Waals surface area (Å²) in [6, 6.07) is 21.0. The number of sulfonamides is 1. The number of halogens is 2. The van der Waals surface area contributed by atoms with Gasteiger partial charge < -0.3 is 10.2 Å². The molecule has 1 fully saturated rings. The van der Waals surface area contributed by atoms with Crippen molar-refractivity contribution in [3.05, 3.63) is 100 Å². The molecule has 41 heavy (non-hydrogen) atoms. The fraction of sp³-hybridized carbons (Fsp3) is 0.355. The quantitative estimate of drug-likeness (QED) is 0.301. The topological polar surface area (TPSA) is 86.8 Å². The lowest BCUT2D eigenvalue weighted by Gasteiger charge is -2.35. The summed E-state index contributed by atoms with van der Waals surface area (Å²) in [6.07, 6.45) is 6.08. The Balaban J connectivity index is 1.73. The summed E-state index contributed by atoms with van der Waals surface area (Å²) in [6.45, 7) is -0.747. The second kappa shape index (κ2) is 14.1. The minimum Gasteiger partial charge on any atom is -0.352 e. The van der Waals surface area contributed by atoms with Gasteiger partial charge >= 0.3 is 0 Å². The molecular weight excluding hydrogens is 609 g/mol. The van der Waals surface area contributed by atoms with Gasteiger partial charge in [0.15, 0.2) is 0 Å². The Morgan fingerprint density at radius 2 is 1.66 bits per heavy atom. The first kappa shape index (κ1) is 30.7. The van der Waals surface area contributed by atoms with Crippen molar-refractivity contribution in [1.29, 1.82) is 0 Å². The van der Waals surface area contributed by atoms with Gasteiger partial charge in [-0.05, 0) is 42.7 Å². The van der Waals surface area contributed by atoms with Crippen LogP contribution in [0.25, 0.3) is 0 Å². The standard InChI is InChI=1S/C31H35BrFN3O4S/c1-41(39,40)36(27-17-10-14-25(32)20-27)22-30(37)35(21-24-13-8-9-18-28(24)33)29(19-23-11-4-2-5-12-23)31(38)34-26-15-6-3-7-16-26/h2,4-5,8-14,17-18,20,26,29H,3,6-7,15-16,19,21-22H2,1H3,(H,34,38)/t29-/m1/s1. The van der Waals surface area contributed by atoms with E-state index in [0.717, 1.165) is 48.2 Å². The van der Waals surface area contributed by atoms with Crippen molar-refractivity contribution in [2.24, 2.45) is 0 Å². The highest BCUT2D eigenvalue weighted by molar-refractivity contribution is 9.10. The number of amides is 2. The summed E-state index contributed by atoms with van der Waals surface area (Å²) < 4.78 is 42.3. The van der Waals surface area contributed by atoms with Crippen molar-refractivity contribution in [1.82, 2.24) is 10.2 Å². The maximum Gasteiger partial charge on any atom is 0.244 e. The lowest BCUT2D eigenvalue weighted by atomic mass is 9.94. The smallest absolute Gasteiger partial charge is 0.244 e. The first-order chi connectivity index (χ1) is 19.6. The lowest BCUT2D eigenvalue weighted by molar-refractivity contribution is -0.140. The molecule has 0 saturated heterocycles. The molecule has 218 valence electrons. The fourth-order valence-corrected chi connectivity index (χ4v) is 6.38. The molecule has 3 aromatic carbocycles. The van der Waals surface area contributed by atoms with Crippen LogP contribution in [0.3, 0.4) is 0 Å². The van der Waals surface area contributed by atoms with Crippen LogP contribution in [-0.2, 0) is 32.6 Å². The Morgan fingerprint density at radius 3 is 2.32 bits per heavy atom. The summed E-state index contributed by atoms with van der Waals surface area (Å²) >= 11 is 3.36. The zero-order valence-corrected chi connectivity index (χ0v) is 25.4. The predicted molar refractivity (Wildman–Crippen MR) is 162 cm³/mol. The molecule has 0 radical (unpaired) electrons. The van der Waals surface area contributed by atoms with Crippen molar-refractivity contribution >= 4 is 43.5 Å². The molecule has 1 N–H and O–H groups in total.